The van der Waals surface area contributed by atoms with Gasteiger partial charge in [0.15, 0.2) is 0 Å². The number of nitrogens with one attached hydrogen (secondary N) is 1. The number of aryl methyl sites for hydroxylation is 1. The third kappa shape index (κ3) is 2.98. The van der Waals surface area contributed by atoms with Gasteiger partial charge in [-0.3, -0.25) is 4.79 Å². The van der Waals surface area contributed by atoms with Crippen molar-refractivity contribution < 1.29 is 4.79 Å². The van der Waals surface area contributed by atoms with Gasteiger partial charge in [-0.25, -0.2) is 0 Å². The first kappa shape index (κ1) is 14.6. The molecule has 1 N–H and O–H groups in total. The number of carbonyl (C=O) groups is 1. The van der Waals surface area contributed by atoms with E-state index in [0.717, 1.165) is 49.1 Å². The molecule has 1 aromatic rings. The highest BCUT2D eigenvalue weighted by Gasteiger charge is 2.27. The van der Waals surface area contributed by atoms with Crippen molar-refractivity contribution in [2.45, 2.75) is 58.3 Å². The van der Waals surface area contributed by atoms with E-state index < -0.39 is 0 Å². The van der Waals surface area contributed by atoms with Crippen molar-refractivity contribution in [2.24, 2.45) is 11.8 Å². The maximum absolute atomic E-state index is 12.4. The molecule has 0 radical (unpaired) electrons. The third-order valence-electron chi connectivity index (χ3n) is 4.83. The molecule has 3 nitrogen and oxygen atoms in total. The minimum Gasteiger partial charge on any atom is -0.316 e. The van der Waals surface area contributed by atoms with Crippen molar-refractivity contribution in [1.29, 1.82) is 5.26 Å². The molecule has 1 aromatic heterocycles. The van der Waals surface area contributed by atoms with Crippen molar-refractivity contribution >= 4 is 22.2 Å². The van der Waals surface area contributed by atoms with Gasteiger partial charge in [-0.2, -0.15) is 5.26 Å². The summed E-state index contributed by atoms with van der Waals surface area (Å²) in [5, 5.41) is 13.3. The quantitative estimate of drug-likeness (QED) is 0.887. The third-order valence-corrected chi connectivity index (χ3v) is 6.04. The van der Waals surface area contributed by atoms with Crippen LogP contribution in [0.4, 0.5) is 5.00 Å². The number of carbonyl (C=O) groups excluding carboxylic acids is 1. The van der Waals surface area contributed by atoms with Crippen molar-refractivity contribution in [2.75, 3.05) is 5.32 Å². The average molecular weight is 302 g/mol. The molecule has 0 bridgehead atoms. The summed E-state index contributed by atoms with van der Waals surface area (Å²) in [5.41, 5.74) is 1.92. The zero-order valence-electron chi connectivity index (χ0n) is 12.6. The Morgan fingerprint density at radius 1 is 1.29 bits per heavy atom. The van der Waals surface area contributed by atoms with Crippen molar-refractivity contribution in [3.8, 4) is 6.07 Å². The maximum atomic E-state index is 12.4. The molecule has 2 aliphatic carbocycles. The van der Waals surface area contributed by atoms with E-state index in [2.05, 4.69) is 18.3 Å². The minimum atomic E-state index is 0.123. The highest BCUT2D eigenvalue weighted by molar-refractivity contribution is 7.16. The summed E-state index contributed by atoms with van der Waals surface area (Å²) in [6.07, 6.45) is 8.77. The molecule has 0 aliphatic heterocycles. The Morgan fingerprint density at radius 3 is 2.76 bits per heavy atom. The number of hydrogen-bond donors (Lipinski definition) is 1. The van der Waals surface area contributed by atoms with Crippen LogP contribution in [-0.2, 0) is 17.6 Å². The van der Waals surface area contributed by atoms with Crippen LogP contribution >= 0.6 is 11.3 Å². The summed E-state index contributed by atoms with van der Waals surface area (Å²) in [7, 11) is 0. The van der Waals surface area contributed by atoms with Crippen molar-refractivity contribution in [3.05, 3.63) is 16.0 Å². The van der Waals surface area contributed by atoms with Crippen LogP contribution in [0.15, 0.2) is 0 Å². The summed E-state index contributed by atoms with van der Waals surface area (Å²) >= 11 is 1.63. The summed E-state index contributed by atoms with van der Waals surface area (Å²) in [4.78, 5) is 13.7. The van der Waals surface area contributed by atoms with Gasteiger partial charge in [-0.15, -0.1) is 11.3 Å². The van der Waals surface area contributed by atoms with Gasteiger partial charge < -0.3 is 5.32 Å². The molecule has 1 heterocycles. The molecule has 0 aromatic carbocycles. The number of nitrogens with zero attached hydrogens (tertiary/aromatic N) is 1. The van der Waals surface area contributed by atoms with E-state index in [1.807, 2.05) is 0 Å². The smallest absolute Gasteiger partial charge is 0.228 e. The van der Waals surface area contributed by atoms with Crippen molar-refractivity contribution in [3.63, 3.8) is 0 Å². The van der Waals surface area contributed by atoms with Crippen LogP contribution in [0.3, 0.4) is 0 Å². The number of amides is 1. The molecule has 1 fully saturated rings. The second kappa shape index (κ2) is 6.19. The molecule has 2 aliphatic rings. The molecule has 1 amide bonds. The lowest BCUT2D eigenvalue weighted by atomic mass is 9.87. The van der Waals surface area contributed by atoms with Crippen LogP contribution in [-0.4, -0.2) is 5.91 Å². The van der Waals surface area contributed by atoms with E-state index in [4.69, 9.17) is 0 Å². The van der Waals surface area contributed by atoms with Gasteiger partial charge in [-0.1, -0.05) is 26.2 Å². The van der Waals surface area contributed by atoms with E-state index in [0.29, 0.717) is 5.92 Å². The molecule has 0 saturated heterocycles. The largest absolute Gasteiger partial charge is 0.316 e. The lowest BCUT2D eigenvalue weighted by Crippen LogP contribution is -2.24. The Labute approximate surface area is 130 Å². The zero-order chi connectivity index (χ0) is 14.8. The summed E-state index contributed by atoms with van der Waals surface area (Å²) in [5.74, 6) is 0.905. The fourth-order valence-corrected chi connectivity index (χ4v) is 4.74. The molecule has 112 valence electrons. The summed E-state index contributed by atoms with van der Waals surface area (Å²) < 4.78 is 0. The molecule has 4 heteroatoms. The highest BCUT2D eigenvalue weighted by atomic mass is 32.1. The Balaban J connectivity index is 1.79. The van der Waals surface area contributed by atoms with Gasteiger partial charge in [0.1, 0.15) is 11.1 Å². The van der Waals surface area contributed by atoms with Crippen LogP contribution in [0.1, 0.15) is 61.5 Å². The molecule has 0 unspecified atom stereocenters. The zero-order valence-corrected chi connectivity index (χ0v) is 13.4. The van der Waals surface area contributed by atoms with Crippen molar-refractivity contribution in [1.82, 2.24) is 0 Å². The van der Waals surface area contributed by atoms with Gasteiger partial charge in [0.25, 0.3) is 0 Å². The van der Waals surface area contributed by atoms with Crippen LogP contribution in [0, 0.1) is 23.2 Å². The fraction of sp³-hybridized carbons (Fsp3) is 0.647. The SMILES string of the molecule is C[C@H]1CCc2sc(NC(=O)C3CCCCC3)c(C#N)c2C1. The Hall–Kier alpha value is -1.34. The number of hydrogen-bond acceptors (Lipinski definition) is 3. The van der Waals surface area contributed by atoms with Gasteiger partial charge >= 0.3 is 0 Å². The standard InChI is InChI=1S/C17H22N2OS/c1-11-7-8-15-13(9-11)14(10-18)17(21-15)19-16(20)12-5-3-2-4-6-12/h11-12H,2-9H2,1H3,(H,19,20)/t11-/m0/s1. The lowest BCUT2D eigenvalue weighted by Gasteiger charge is -2.20. The lowest BCUT2D eigenvalue weighted by molar-refractivity contribution is -0.120. The molecule has 0 spiro atoms. The van der Waals surface area contributed by atoms with Crippen LogP contribution in [0.5, 0.6) is 0 Å². The van der Waals surface area contributed by atoms with Gasteiger partial charge in [0.05, 0.1) is 5.56 Å². The first-order valence-electron chi connectivity index (χ1n) is 8.04. The molecular weight excluding hydrogens is 280 g/mol. The van der Waals surface area contributed by atoms with E-state index in [1.54, 1.807) is 11.3 Å². The number of thiophene rings is 1. The molecule has 3 rings (SSSR count). The summed E-state index contributed by atoms with van der Waals surface area (Å²) in [6.45, 7) is 2.24. The number of nitriles is 1. The van der Waals surface area contributed by atoms with Gasteiger partial charge in [0, 0.05) is 10.8 Å². The second-order valence-corrected chi connectivity index (χ2v) is 7.60. The molecule has 1 atom stereocenters. The normalized spacial score (nSPS) is 22.4. The van der Waals surface area contributed by atoms with E-state index in [1.165, 1.54) is 23.3 Å². The number of rotatable bonds is 2. The molecule has 1 saturated carbocycles. The Bertz CT molecular complexity index is 578. The fourth-order valence-electron chi connectivity index (χ4n) is 3.54. The van der Waals surface area contributed by atoms with Gasteiger partial charge in [-0.05, 0) is 43.6 Å². The second-order valence-electron chi connectivity index (χ2n) is 6.49. The predicted octanol–water partition coefficient (Wildman–Crippen LogP) is 4.26. The van der Waals surface area contributed by atoms with Crippen LogP contribution in [0.2, 0.25) is 0 Å². The Morgan fingerprint density at radius 2 is 2.05 bits per heavy atom. The van der Waals surface area contributed by atoms with Gasteiger partial charge in [0.2, 0.25) is 5.91 Å². The minimum absolute atomic E-state index is 0.123. The predicted molar refractivity (Wildman–Crippen MR) is 85.4 cm³/mol. The van der Waals surface area contributed by atoms with Crippen LogP contribution < -0.4 is 5.32 Å². The van der Waals surface area contributed by atoms with E-state index in [9.17, 15) is 10.1 Å². The van der Waals surface area contributed by atoms with Crippen LogP contribution in [0.25, 0.3) is 0 Å². The Kier molecular flexibility index (Phi) is 4.30. The highest BCUT2D eigenvalue weighted by Crippen LogP contribution is 2.39. The summed E-state index contributed by atoms with van der Waals surface area (Å²) in [6, 6.07) is 2.33. The van der Waals surface area contributed by atoms with E-state index in [-0.39, 0.29) is 11.8 Å². The topological polar surface area (TPSA) is 52.9 Å². The first-order valence-corrected chi connectivity index (χ1v) is 8.86. The molecular formula is C17H22N2OS. The maximum Gasteiger partial charge on any atom is 0.228 e. The monoisotopic (exact) mass is 302 g/mol. The first-order chi connectivity index (χ1) is 10.2. The van der Waals surface area contributed by atoms with E-state index >= 15 is 0 Å². The molecule has 21 heavy (non-hydrogen) atoms. The number of anilines is 1. The number of fused-ring (bicyclic) bond motifs is 1. The average Bonchev–Trinajstić information content (AvgIpc) is 2.84.